The summed E-state index contributed by atoms with van der Waals surface area (Å²) in [6.07, 6.45) is 2.01. The van der Waals surface area contributed by atoms with Gasteiger partial charge in [0, 0.05) is 39.8 Å². The number of nitrogens with zero attached hydrogens (tertiary/aromatic N) is 3. The van der Waals surface area contributed by atoms with Gasteiger partial charge >= 0.3 is 0 Å². The average molecular weight is 292 g/mol. The molecule has 0 atom stereocenters. The molecule has 0 aromatic carbocycles. The Morgan fingerprint density at radius 1 is 1.26 bits per heavy atom. The molecule has 0 radical (unpaired) electrons. The van der Waals surface area contributed by atoms with Crippen LogP contribution in [0.3, 0.4) is 0 Å². The summed E-state index contributed by atoms with van der Waals surface area (Å²) in [5.41, 5.74) is 5.41. The van der Waals surface area contributed by atoms with Crippen LogP contribution in [0.1, 0.15) is 6.42 Å². The van der Waals surface area contributed by atoms with Gasteiger partial charge in [0.05, 0.1) is 12.8 Å². The lowest BCUT2D eigenvalue weighted by Gasteiger charge is -2.33. The summed E-state index contributed by atoms with van der Waals surface area (Å²) >= 11 is 0. The van der Waals surface area contributed by atoms with Gasteiger partial charge in [-0.1, -0.05) is 0 Å². The van der Waals surface area contributed by atoms with Crippen molar-refractivity contribution in [2.45, 2.75) is 6.42 Å². The van der Waals surface area contributed by atoms with Gasteiger partial charge in [0.15, 0.2) is 0 Å². The first-order valence-corrected chi connectivity index (χ1v) is 8.31. The Balaban J connectivity index is 2.35. The van der Waals surface area contributed by atoms with E-state index in [1.54, 1.807) is 11.9 Å². The molecule has 19 heavy (non-hydrogen) atoms. The van der Waals surface area contributed by atoms with Gasteiger partial charge < -0.3 is 10.6 Å². The van der Waals surface area contributed by atoms with E-state index in [-0.39, 0.29) is 5.91 Å². The summed E-state index contributed by atoms with van der Waals surface area (Å²) in [7, 11) is -1.34. The second kappa shape index (κ2) is 7.18. The van der Waals surface area contributed by atoms with E-state index in [1.807, 2.05) is 4.90 Å². The smallest absolute Gasteiger partial charge is 0.236 e. The van der Waals surface area contributed by atoms with Crippen molar-refractivity contribution in [2.75, 3.05) is 59.1 Å². The summed E-state index contributed by atoms with van der Waals surface area (Å²) in [6, 6.07) is 0. The topological polar surface area (TPSA) is 86.9 Å². The van der Waals surface area contributed by atoms with Gasteiger partial charge in [0.25, 0.3) is 0 Å². The third kappa shape index (κ3) is 5.43. The third-order valence-electron chi connectivity index (χ3n) is 3.28. The molecule has 112 valence electrons. The quantitative estimate of drug-likeness (QED) is 0.635. The second-order valence-corrected chi connectivity index (χ2v) is 6.88. The largest absolute Gasteiger partial charge is 0.345 e. The van der Waals surface area contributed by atoms with E-state index < -0.39 is 10.0 Å². The molecule has 1 aliphatic heterocycles. The Morgan fingerprint density at radius 3 is 2.32 bits per heavy atom. The van der Waals surface area contributed by atoms with Crippen LogP contribution in [-0.2, 0) is 14.8 Å². The molecular formula is C11H24N4O3S. The zero-order valence-electron chi connectivity index (χ0n) is 11.7. The molecule has 1 saturated heterocycles. The fraction of sp³-hybridized carbons (Fsp3) is 0.909. The Morgan fingerprint density at radius 2 is 1.84 bits per heavy atom. The van der Waals surface area contributed by atoms with Gasteiger partial charge in [-0.15, -0.1) is 0 Å². The number of piperazine rings is 1. The van der Waals surface area contributed by atoms with Crippen LogP contribution in [0.25, 0.3) is 0 Å². The van der Waals surface area contributed by atoms with E-state index in [2.05, 4.69) is 0 Å². The molecule has 0 bridgehead atoms. The summed E-state index contributed by atoms with van der Waals surface area (Å²) in [4.78, 5) is 15.6. The lowest BCUT2D eigenvalue weighted by Crippen LogP contribution is -2.51. The number of carbonyl (C=O) groups is 1. The second-order valence-electron chi connectivity index (χ2n) is 4.90. The zero-order chi connectivity index (χ0) is 14.5. The monoisotopic (exact) mass is 292 g/mol. The van der Waals surface area contributed by atoms with Crippen LogP contribution in [-0.4, -0.2) is 87.5 Å². The summed E-state index contributed by atoms with van der Waals surface area (Å²) in [5, 5.41) is 0. The highest BCUT2D eigenvalue weighted by molar-refractivity contribution is 7.88. The molecule has 0 aromatic heterocycles. The third-order valence-corrected chi connectivity index (χ3v) is 4.59. The maximum atomic E-state index is 11.9. The van der Waals surface area contributed by atoms with E-state index in [9.17, 15) is 13.2 Å². The van der Waals surface area contributed by atoms with E-state index in [1.165, 1.54) is 10.6 Å². The highest BCUT2D eigenvalue weighted by atomic mass is 32.2. The van der Waals surface area contributed by atoms with Crippen molar-refractivity contribution in [1.29, 1.82) is 0 Å². The van der Waals surface area contributed by atoms with Crippen LogP contribution in [0.5, 0.6) is 0 Å². The fourth-order valence-corrected chi connectivity index (χ4v) is 2.81. The first-order chi connectivity index (χ1) is 8.84. The Hall–Kier alpha value is -0.700. The van der Waals surface area contributed by atoms with Crippen LogP contribution in [0.15, 0.2) is 0 Å². The van der Waals surface area contributed by atoms with Gasteiger partial charge in [0.1, 0.15) is 0 Å². The van der Waals surface area contributed by atoms with Crippen LogP contribution in [0.2, 0.25) is 0 Å². The van der Waals surface area contributed by atoms with Gasteiger partial charge in [-0.25, -0.2) is 8.42 Å². The Labute approximate surface area is 115 Å². The van der Waals surface area contributed by atoms with Crippen LogP contribution < -0.4 is 5.73 Å². The first-order valence-electron chi connectivity index (χ1n) is 6.46. The van der Waals surface area contributed by atoms with E-state index in [0.29, 0.717) is 45.8 Å². The predicted molar refractivity (Wildman–Crippen MR) is 74.2 cm³/mol. The molecule has 7 nitrogen and oxygen atoms in total. The number of likely N-dealkylation sites (N-methyl/N-ethyl adjacent to an activating group) is 1. The number of hydrogen-bond acceptors (Lipinski definition) is 5. The molecule has 1 heterocycles. The normalized spacial score (nSPS) is 18.5. The van der Waals surface area contributed by atoms with Gasteiger partial charge in [-0.3, -0.25) is 9.69 Å². The molecule has 0 aliphatic carbocycles. The molecule has 1 rings (SSSR count). The molecule has 2 N–H and O–H groups in total. The summed E-state index contributed by atoms with van der Waals surface area (Å²) in [6.45, 7) is 3.70. The summed E-state index contributed by atoms with van der Waals surface area (Å²) in [5.74, 6) is 0.0567. The molecule has 0 aromatic rings. The molecule has 1 fully saturated rings. The van der Waals surface area contributed by atoms with Crippen molar-refractivity contribution >= 4 is 15.9 Å². The number of rotatable bonds is 6. The Kier molecular flexibility index (Phi) is 6.18. The number of amides is 1. The van der Waals surface area contributed by atoms with Crippen molar-refractivity contribution in [3.8, 4) is 0 Å². The van der Waals surface area contributed by atoms with E-state index in [0.717, 1.165) is 6.42 Å². The first kappa shape index (κ1) is 16.4. The number of nitrogens with two attached hydrogens (primary N) is 1. The number of carbonyl (C=O) groups excluding carboxylic acids is 1. The Bertz CT molecular complexity index is 391. The fourth-order valence-electron chi connectivity index (χ4n) is 1.98. The molecule has 1 amide bonds. The summed E-state index contributed by atoms with van der Waals surface area (Å²) < 4.78 is 24.2. The predicted octanol–water partition coefficient (Wildman–Crippen LogP) is -1.63. The van der Waals surface area contributed by atoms with Crippen LogP contribution >= 0.6 is 0 Å². The van der Waals surface area contributed by atoms with Crippen molar-refractivity contribution in [3.05, 3.63) is 0 Å². The molecular weight excluding hydrogens is 268 g/mol. The van der Waals surface area contributed by atoms with Crippen LogP contribution in [0.4, 0.5) is 0 Å². The number of sulfonamides is 1. The van der Waals surface area contributed by atoms with E-state index in [4.69, 9.17) is 5.73 Å². The van der Waals surface area contributed by atoms with Gasteiger partial charge in [-0.2, -0.15) is 4.31 Å². The van der Waals surface area contributed by atoms with Gasteiger partial charge in [-0.05, 0) is 13.0 Å². The molecule has 0 spiro atoms. The number of hydrogen-bond donors (Lipinski definition) is 1. The minimum Gasteiger partial charge on any atom is -0.345 e. The van der Waals surface area contributed by atoms with Crippen molar-refractivity contribution in [2.24, 2.45) is 5.73 Å². The highest BCUT2D eigenvalue weighted by Gasteiger charge is 2.24. The molecule has 1 aliphatic rings. The molecule has 8 heteroatoms. The SMILES string of the molecule is CN(CCCN)C(=O)CN1CCN(S(C)(=O)=O)CC1. The minimum atomic E-state index is -3.11. The lowest BCUT2D eigenvalue weighted by atomic mass is 10.3. The molecule has 0 unspecified atom stereocenters. The maximum Gasteiger partial charge on any atom is 0.236 e. The minimum absolute atomic E-state index is 0.0567. The molecule has 0 saturated carbocycles. The highest BCUT2D eigenvalue weighted by Crippen LogP contribution is 2.06. The van der Waals surface area contributed by atoms with Gasteiger partial charge in [0.2, 0.25) is 15.9 Å². The van der Waals surface area contributed by atoms with Crippen molar-refractivity contribution in [3.63, 3.8) is 0 Å². The average Bonchev–Trinajstić information content (AvgIpc) is 2.35. The standard InChI is InChI=1S/C11H24N4O3S/c1-13(5-3-4-12)11(16)10-14-6-8-15(9-7-14)19(2,17)18/h3-10,12H2,1-2H3. The zero-order valence-corrected chi connectivity index (χ0v) is 12.5. The van der Waals surface area contributed by atoms with E-state index >= 15 is 0 Å². The van der Waals surface area contributed by atoms with Crippen molar-refractivity contribution in [1.82, 2.24) is 14.1 Å². The van der Waals surface area contributed by atoms with Crippen LogP contribution in [0, 0.1) is 0 Å². The van der Waals surface area contributed by atoms with Crippen molar-refractivity contribution < 1.29 is 13.2 Å². The maximum absolute atomic E-state index is 11.9. The lowest BCUT2D eigenvalue weighted by molar-refractivity contribution is -0.131.